The number of nitrogens with one attached hydrogen (secondary N) is 1. The molecule has 1 aromatic rings. The second kappa shape index (κ2) is 10.2. The molecule has 5 heteroatoms. The highest BCUT2D eigenvalue weighted by Gasteiger charge is 2.33. The van der Waals surface area contributed by atoms with Crippen molar-refractivity contribution in [1.82, 2.24) is 4.98 Å². The summed E-state index contributed by atoms with van der Waals surface area (Å²) >= 11 is 0. The van der Waals surface area contributed by atoms with Gasteiger partial charge < -0.3 is 14.8 Å². The Labute approximate surface area is 139 Å². The van der Waals surface area contributed by atoms with Crippen LogP contribution in [0.3, 0.4) is 0 Å². The number of ether oxygens (including phenoxy) is 2. The summed E-state index contributed by atoms with van der Waals surface area (Å²) in [5.74, 6) is 0.448. The minimum atomic E-state index is -0.805. The number of nitrogens with zero attached hydrogens (tertiary/aromatic N) is 1. The quantitative estimate of drug-likeness (QED) is 0.621. The highest BCUT2D eigenvalue weighted by atomic mass is 16.5. The second-order valence-corrected chi connectivity index (χ2v) is 5.81. The Hall–Kier alpha value is -1.62. The van der Waals surface area contributed by atoms with E-state index in [9.17, 15) is 4.79 Å². The van der Waals surface area contributed by atoms with Crippen molar-refractivity contribution in [3.05, 3.63) is 18.3 Å². The van der Waals surface area contributed by atoms with Gasteiger partial charge in [-0.15, -0.1) is 0 Å². The lowest BCUT2D eigenvalue weighted by molar-refractivity contribution is -0.139. The lowest BCUT2D eigenvalue weighted by atomic mass is 9.97. The van der Waals surface area contributed by atoms with E-state index >= 15 is 0 Å². The molecule has 5 nitrogen and oxygen atoms in total. The number of hydrogen-bond donors (Lipinski definition) is 1. The average molecular weight is 322 g/mol. The fourth-order valence-electron chi connectivity index (χ4n) is 2.21. The van der Waals surface area contributed by atoms with E-state index < -0.39 is 5.60 Å². The van der Waals surface area contributed by atoms with E-state index in [0.29, 0.717) is 31.2 Å². The highest BCUT2D eigenvalue weighted by molar-refractivity contribution is 5.96. The van der Waals surface area contributed by atoms with Crippen LogP contribution in [-0.2, 0) is 9.53 Å². The normalized spacial score (nSPS) is 13.4. The minimum Gasteiger partial charge on any atom is -0.478 e. The summed E-state index contributed by atoms with van der Waals surface area (Å²) in [7, 11) is 0. The molecule has 1 aromatic heterocycles. The number of amides is 1. The maximum Gasteiger partial charge on any atom is 0.256 e. The molecule has 0 radical (unpaired) electrons. The van der Waals surface area contributed by atoms with Gasteiger partial charge in [0.15, 0.2) is 0 Å². The fraction of sp³-hybridized carbons (Fsp3) is 0.667. The first-order valence-electron chi connectivity index (χ1n) is 8.60. The smallest absolute Gasteiger partial charge is 0.256 e. The molecule has 1 rings (SSSR count). The Morgan fingerprint density at radius 2 is 1.96 bits per heavy atom. The van der Waals surface area contributed by atoms with Crippen LogP contribution in [0.2, 0.25) is 0 Å². The molecule has 1 N–H and O–H groups in total. The largest absolute Gasteiger partial charge is 0.478 e. The van der Waals surface area contributed by atoms with E-state index in [1.165, 1.54) is 0 Å². The number of pyridine rings is 1. The number of rotatable bonds is 11. The van der Waals surface area contributed by atoms with Crippen LogP contribution in [0.4, 0.5) is 5.69 Å². The molecule has 23 heavy (non-hydrogen) atoms. The van der Waals surface area contributed by atoms with E-state index in [1.807, 2.05) is 13.8 Å². The molecule has 0 saturated heterocycles. The molecule has 0 spiro atoms. The molecule has 1 amide bonds. The number of carbonyl (C=O) groups is 1. The molecule has 0 bridgehead atoms. The molecular formula is C18H30N2O3. The Bertz CT molecular complexity index is 462. The van der Waals surface area contributed by atoms with Crippen LogP contribution in [-0.4, -0.2) is 29.7 Å². The van der Waals surface area contributed by atoms with Crippen molar-refractivity contribution < 1.29 is 14.3 Å². The van der Waals surface area contributed by atoms with Gasteiger partial charge >= 0.3 is 0 Å². The van der Waals surface area contributed by atoms with Crippen LogP contribution in [0, 0.1) is 0 Å². The van der Waals surface area contributed by atoms with Crippen LogP contribution in [0.25, 0.3) is 0 Å². The van der Waals surface area contributed by atoms with Crippen molar-refractivity contribution >= 4 is 11.6 Å². The van der Waals surface area contributed by atoms with Gasteiger partial charge in [0, 0.05) is 12.7 Å². The molecular weight excluding hydrogens is 292 g/mol. The predicted octanol–water partition coefficient (Wildman–Crippen LogP) is 4.18. The van der Waals surface area contributed by atoms with Gasteiger partial charge in [-0.25, -0.2) is 4.98 Å². The fourth-order valence-corrected chi connectivity index (χ4v) is 2.21. The number of anilines is 1. The first kappa shape index (κ1) is 19.4. The third kappa shape index (κ3) is 6.57. The summed E-state index contributed by atoms with van der Waals surface area (Å²) in [5, 5.41) is 2.89. The Morgan fingerprint density at radius 3 is 2.52 bits per heavy atom. The zero-order valence-corrected chi connectivity index (χ0v) is 14.9. The molecule has 0 aromatic carbocycles. The molecule has 1 atom stereocenters. The molecule has 130 valence electrons. The number of carbonyl (C=O) groups excluding carboxylic acids is 1. The summed E-state index contributed by atoms with van der Waals surface area (Å²) in [6.07, 6.45) is 6.39. The third-order valence-corrected chi connectivity index (χ3v) is 3.69. The van der Waals surface area contributed by atoms with Crippen molar-refractivity contribution in [2.75, 3.05) is 18.5 Å². The van der Waals surface area contributed by atoms with E-state index in [2.05, 4.69) is 24.1 Å². The van der Waals surface area contributed by atoms with Gasteiger partial charge in [0.25, 0.3) is 5.91 Å². The second-order valence-electron chi connectivity index (χ2n) is 5.81. The van der Waals surface area contributed by atoms with Gasteiger partial charge in [-0.05, 0) is 32.8 Å². The third-order valence-electron chi connectivity index (χ3n) is 3.69. The van der Waals surface area contributed by atoms with Crippen LogP contribution >= 0.6 is 0 Å². The van der Waals surface area contributed by atoms with Gasteiger partial charge in [-0.3, -0.25) is 4.79 Å². The van der Waals surface area contributed by atoms with E-state index in [-0.39, 0.29) is 5.91 Å². The summed E-state index contributed by atoms with van der Waals surface area (Å²) in [4.78, 5) is 16.7. The maximum absolute atomic E-state index is 12.5. The van der Waals surface area contributed by atoms with Crippen molar-refractivity contribution in [3.8, 4) is 5.88 Å². The average Bonchev–Trinajstić information content (AvgIpc) is 2.55. The first-order chi connectivity index (χ1) is 11.1. The molecule has 0 aliphatic carbocycles. The summed E-state index contributed by atoms with van der Waals surface area (Å²) < 4.78 is 11.2. The molecule has 0 fully saturated rings. The topological polar surface area (TPSA) is 60.5 Å². The van der Waals surface area contributed by atoms with Crippen molar-refractivity contribution in [2.45, 2.75) is 65.4 Å². The Morgan fingerprint density at radius 1 is 1.22 bits per heavy atom. The van der Waals surface area contributed by atoms with Crippen molar-refractivity contribution in [1.29, 1.82) is 0 Å². The van der Waals surface area contributed by atoms with E-state index in [1.54, 1.807) is 18.3 Å². The summed E-state index contributed by atoms with van der Waals surface area (Å²) in [5.41, 5.74) is -0.151. The SMILES string of the molecule is CCCCOc1ccc(NC(=O)C(C)(CCCC)OCC)cn1. The molecule has 1 heterocycles. The zero-order chi connectivity index (χ0) is 17.1. The van der Waals surface area contributed by atoms with Crippen molar-refractivity contribution in [2.24, 2.45) is 0 Å². The number of hydrogen-bond acceptors (Lipinski definition) is 4. The van der Waals surface area contributed by atoms with Gasteiger partial charge in [-0.2, -0.15) is 0 Å². The Balaban J connectivity index is 2.63. The van der Waals surface area contributed by atoms with Crippen molar-refractivity contribution in [3.63, 3.8) is 0 Å². The molecule has 0 saturated carbocycles. The summed E-state index contributed by atoms with van der Waals surface area (Å²) in [6.45, 7) is 9.14. The molecule has 0 aliphatic heterocycles. The maximum atomic E-state index is 12.5. The Kier molecular flexibility index (Phi) is 8.62. The van der Waals surface area contributed by atoms with Crippen LogP contribution in [0.1, 0.15) is 59.8 Å². The lowest BCUT2D eigenvalue weighted by Crippen LogP contribution is -2.42. The van der Waals surface area contributed by atoms with Gasteiger partial charge in [0.2, 0.25) is 5.88 Å². The molecule has 0 aliphatic rings. The van der Waals surface area contributed by atoms with Crippen LogP contribution in [0.15, 0.2) is 18.3 Å². The van der Waals surface area contributed by atoms with Gasteiger partial charge in [0.1, 0.15) is 5.60 Å². The highest BCUT2D eigenvalue weighted by Crippen LogP contribution is 2.22. The number of unbranched alkanes of at least 4 members (excludes halogenated alkanes) is 2. The minimum absolute atomic E-state index is 0.130. The van der Waals surface area contributed by atoms with Crippen LogP contribution in [0.5, 0.6) is 5.88 Å². The predicted molar refractivity (Wildman–Crippen MR) is 92.8 cm³/mol. The first-order valence-corrected chi connectivity index (χ1v) is 8.60. The molecule has 1 unspecified atom stereocenters. The lowest BCUT2D eigenvalue weighted by Gasteiger charge is -2.28. The van der Waals surface area contributed by atoms with E-state index in [4.69, 9.17) is 9.47 Å². The summed E-state index contributed by atoms with van der Waals surface area (Å²) in [6, 6.07) is 3.58. The zero-order valence-electron chi connectivity index (χ0n) is 14.9. The number of aromatic nitrogens is 1. The van der Waals surface area contributed by atoms with Gasteiger partial charge in [0.05, 0.1) is 18.5 Å². The van der Waals surface area contributed by atoms with Gasteiger partial charge in [-0.1, -0.05) is 33.1 Å². The standard InChI is InChI=1S/C18H30N2O3/c1-5-8-12-18(4,23-7-3)17(21)20-15-10-11-16(19-14-15)22-13-9-6-2/h10-11,14H,5-9,12-13H2,1-4H3,(H,20,21). The monoisotopic (exact) mass is 322 g/mol. The van der Waals surface area contributed by atoms with E-state index in [0.717, 1.165) is 25.7 Å². The van der Waals surface area contributed by atoms with Crippen LogP contribution < -0.4 is 10.1 Å².